The Morgan fingerprint density at radius 3 is 2.81 bits per heavy atom. The molecule has 52 heavy (non-hydrogen) atoms. The van der Waals surface area contributed by atoms with Gasteiger partial charge in [-0.25, -0.2) is 23.9 Å². The number of nitrogens with one attached hydrogen (secondary N) is 2. The van der Waals surface area contributed by atoms with Gasteiger partial charge in [-0.05, 0) is 44.0 Å². The summed E-state index contributed by atoms with van der Waals surface area (Å²) in [4.78, 5) is 62.6. The van der Waals surface area contributed by atoms with Crippen LogP contribution in [0.2, 0.25) is 0 Å². The average Bonchev–Trinajstić information content (AvgIpc) is 3.80. The highest BCUT2D eigenvalue weighted by atomic mass is 19.1. The van der Waals surface area contributed by atoms with Crippen molar-refractivity contribution in [3.8, 4) is 0 Å². The van der Waals surface area contributed by atoms with Crippen LogP contribution in [0.3, 0.4) is 0 Å². The molecule has 2 bridgehead atoms. The maximum absolute atomic E-state index is 14.8. The van der Waals surface area contributed by atoms with Crippen molar-refractivity contribution >= 4 is 40.6 Å². The second kappa shape index (κ2) is 17.7. The fourth-order valence-corrected chi connectivity index (χ4v) is 6.21. The SMILES string of the molecule is CC1=C\[C@@H](O)C[C@@H](F)Cc2nc(co2)C(=O)N2CCC[C@@H]2C(=O)O[C@H]([C@@H](C)COC(=O)Nc2ccc3ccccc3n2)[C@H](C)/C=C/C(=O)NC\C=C\1. The summed E-state index contributed by atoms with van der Waals surface area (Å²) in [7, 11) is 0. The van der Waals surface area contributed by atoms with E-state index in [1.165, 1.54) is 17.1 Å². The van der Waals surface area contributed by atoms with E-state index in [0.717, 1.165) is 11.6 Å². The van der Waals surface area contributed by atoms with Crippen LogP contribution in [0.15, 0.2) is 83.0 Å². The van der Waals surface area contributed by atoms with Crippen LogP contribution >= 0.6 is 0 Å². The Morgan fingerprint density at radius 1 is 1.17 bits per heavy atom. The van der Waals surface area contributed by atoms with Crippen LogP contribution in [0, 0.1) is 11.8 Å². The number of oxazole rings is 1. The third-order valence-electron chi connectivity index (χ3n) is 8.87. The monoisotopic (exact) mass is 717 g/mol. The van der Waals surface area contributed by atoms with Crippen LogP contribution in [0.1, 0.15) is 56.4 Å². The van der Waals surface area contributed by atoms with E-state index in [9.17, 15) is 28.7 Å². The number of fused-ring (bicyclic) bond motifs is 4. The lowest BCUT2D eigenvalue weighted by Crippen LogP contribution is -2.44. The first-order valence-corrected chi connectivity index (χ1v) is 17.4. The summed E-state index contributed by atoms with van der Waals surface area (Å²) in [6.07, 6.45) is 5.18. The van der Waals surface area contributed by atoms with Crippen LogP contribution < -0.4 is 10.6 Å². The number of alkyl halides is 1. The van der Waals surface area contributed by atoms with E-state index in [-0.39, 0.29) is 44.1 Å². The van der Waals surface area contributed by atoms with E-state index >= 15 is 0 Å². The lowest BCUT2D eigenvalue weighted by atomic mass is 9.93. The zero-order chi connectivity index (χ0) is 37.2. The molecule has 0 saturated carbocycles. The number of para-hydroxylation sites is 1. The number of cyclic esters (lactones) is 1. The first-order chi connectivity index (χ1) is 25.0. The van der Waals surface area contributed by atoms with E-state index < -0.39 is 60.1 Å². The number of aliphatic hydroxyl groups is 1. The Balaban J connectivity index is 1.32. The minimum atomic E-state index is -1.50. The lowest BCUT2D eigenvalue weighted by Gasteiger charge is -2.30. The molecule has 1 fully saturated rings. The highest BCUT2D eigenvalue weighted by Crippen LogP contribution is 2.26. The van der Waals surface area contributed by atoms with Crippen molar-refractivity contribution in [3.05, 3.63) is 90.2 Å². The molecule has 3 aromatic rings. The molecule has 1 saturated heterocycles. The predicted molar refractivity (Wildman–Crippen MR) is 190 cm³/mol. The number of anilines is 1. The van der Waals surface area contributed by atoms with Gasteiger partial charge in [0.2, 0.25) is 5.91 Å². The third kappa shape index (κ3) is 10.3. The fourth-order valence-electron chi connectivity index (χ4n) is 6.21. The number of ether oxygens (including phenoxy) is 2. The summed E-state index contributed by atoms with van der Waals surface area (Å²) >= 11 is 0. The van der Waals surface area contributed by atoms with Crippen LogP contribution in [0.5, 0.6) is 0 Å². The molecule has 2 aliphatic rings. The normalized spacial score (nSPS) is 26.6. The number of rotatable bonds is 4. The van der Waals surface area contributed by atoms with Gasteiger partial charge in [-0.1, -0.05) is 61.9 Å². The van der Waals surface area contributed by atoms with Crippen LogP contribution in [-0.2, 0) is 25.5 Å². The molecule has 276 valence electrons. The number of esters is 1. The molecular formula is C38H44FN5O8. The van der Waals surface area contributed by atoms with Crippen molar-refractivity contribution < 1.29 is 42.6 Å². The zero-order valence-corrected chi connectivity index (χ0v) is 29.4. The number of hydrogen-bond acceptors (Lipinski definition) is 10. The van der Waals surface area contributed by atoms with E-state index in [0.29, 0.717) is 29.7 Å². The van der Waals surface area contributed by atoms with Gasteiger partial charge in [-0.3, -0.25) is 14.9 Å². The van der Waals surface area contributed by atoms with Gasteiger partial charge in [0.1, 0.15) is 30.4 Å². The fraction of sp³-hybridized carbons (Fsp3) is 0.421. The predicted octanol–water partition coefficient (Wildman–Crippen LogP) is 5.08. The molecular weight excluding hydrogens is 673 g/mol. The number of carbonyl (C=O) groups excluding carboxylic acids is 4. The second-order valence-corrected chi connectivity index (χ2v) is 13.2. The molecule has 3 amide bonds. The molecule has 1 aromatic carbocycles. The number of carbonyl (C=O) groups is 4. The molecule has 6 atom stereocenters. The number of hydrogen-bond donors (Lipinski definition) is 3. The van der Waals surface area contributed by atoms with E-state index in [2.05, 4.69) is 20.6 Å². The van der Waals surface area contributed by atoms with Gasteiger partial charge in [0.05, 0.1) is 24.6 Å². The summed E-state index contributed by atoms with van der Waals surface area (Å²) < 4.78 is 31.8. The average molecular weight is 718 g/mol. The number of nitrogens with zero attached hydrogens (tertiary/aromatic N) is 3. The van der Waals surface area contributed by atoms with Crippen molar-refractivity contribution in [2.45, 2.75) is 70.9 Å². The topological polar surface area (TPSA) is 173 Å². The Bertz CT molecular complexity index is 1840. The van der Waals surface area contributed by atoms with Gasteiger partial charge < -0.3 is 29.2 Å². The molecule has 14 heteroatoms. The van der Waals surface area contributed by atoms with Crippen molar-refractivity contribution in [2.75, 3.05) is 25.0 Å². The quantitative estimate of drug-likeness (QED) is 0.309. The molecule has 13 nitrogen and oxygen atoms in total. The van der Waals surface area contributed by atoms with Crippen LogP contribution in [0.25, 0.3) is 10.9 Å². The Morgan fingerprint density at radius 2 is 1.98 bits per heavy atom. The van der Waals surface area contributed by atoms with Gasteiger partial charge in [-0.2, -0.15) is 0 Å². The first kappa shape index (κ1) is 37.9. The molecule has 2 aromatic heterocycles. The summed E-state index contributed by atoms with van der Waals surface area (Å²) in [5.41, 5.74) is 1.30. The molecule has 3 N–H and O–H groups in total. The summed E-state index contributed by atoms with van der Waals surface area (Å²) in [6, 6.07) is 10.0. The lowest BCUT2D eigenvalue weighted by molar-refractivity contribution is -0.159. The van der Waals surface area contributed by atoms with Crippen LogP contribution in [-0.4, -0.2) is 88.0 Å². The minimum absolute atomic E-state index is 0.00830. The molecule has 4 heterocycles. The zero-order valence-electron chi connectivity index (χ0n) is 29.4. The third-order valence-corrected chi connectivity index (χ3v) is 8.87. The molecule has 2 aliphatic heterocycles. The number of pyridine rings is 1. The van der Waals surface area contributed by atoms with Crippen molar-refractivity contribution in [2.24, 2.45) is 11.8 Å². The second-order valence-electron chi connectivity index (χ2n) is 13.2. The van der Waals surface area contributed by atoms with E-state index in [4.69, 9.17) is 13.9 Å². The van der Waals surface area contributed by atoms with E-state index in [1.807, 2.05) is 30.3 Å². The minimum Gasteiger partial charge on any atom is -0.460 e. The largest absolute Gasteiger partial charge is 0.460 e. The standard InChI is InChI=1S/C38H44FN5O8/c1-23-8-6-16-40-33(46)15-12-24(2)35(25(3)21-51-38(49)43-32-14-13-26-9-4-5-10-29(26)41-32)52-37(48)31-11-7-17-44(31)36(47)30-22-50-34(42-30)20-27(39)19-28(45)18-23/h4-6,8-10,12-15,18,22,24-25,27-28,31,35,45H,7,11,16-17,19-21H2,1-3H3,(H,40,46)(H,41,43,49)/b8-6+,15-12+,23-18+/t24-,25+,27-,28-,31-,35+/m1/s1. The highest BCUT2D eigenvalue weighted by Gasteiger charge is 2.39. The summed E-state index contributed by atoms with van der Waals surface area (Å²) in [6.45, 7) is 5.57. The number of aromatic nitrogens is 2. The maximum Gasteiger partial charge on any atom is 0.412 e. The number of aliphatic hydroxyl groups excluding tert-OH is 1. The number of amides is 3. The van der Waals surface area contributed by atoms with Gasteiger partial charge in [0, 0.05) is 36.7 Å². The molecule has 0 unspecified atom stereocenters. The highest BCUT2D eigenvalue weighted by molar-refractivity contribution is 5.95. The van der Waals surface area contributed by atoms with Crippen molar-refractivity contribution in [3.63, 3.8) is 0 Å². The summed E-state index contributed by atoms with van der Waals surface area (Å²) in [5, 5.41) is 16.6. The molecule has 0 aliphatic carbocycles. The number of benzene rings is 1. The van der Waals surface area contributed by atoms with Crippen molar-refractivity contribution in [1.29, 1.82) is 0 Å². The van der Waals surface area contributed by atoms with Gasteiger partial charge >= 0.3 is 12.1 Å². The number of allylic oxidation sites excluding steroid dienone is 2. The smallest absolute Gasteiger partial charge is 0.412 e. The first-order valence-electron chi connectivity index (χ1n) is 17.4. The molecule has 5 rings (SSSR count). The van der Waals surface area contributed by atoms with Gasteiger partial charge in [-0.15, -0.1) is 0 Å². The van der Waals surface area contributed by atoms with Gasteiger partial charge in [0.15, 0.2) is 11.6 Å². The summed E-state index contributed by atoms with van der Waals surface area (Å²) in [5.74, 6) is -2.38. The molecule has 0 spiro atoms. The Labute approximate surface area is 301 Å². The Kier molecular flexibility index (Phi) is 12.9. The van der Waals surface area contributed by atoms with E-state index in [1.54, 1.807) is 45.1 Å². The maximum atomic E-state index is 14.8. The van der Waals surface area contributed by atoms with Crippen molar-refractivity contribution in [1.82, 2.24) is 20.2 Å². The van der Waals surface area contributed by atoms with Gasteiger partial charge in [0.25, 0.3) is 5.91 Å². The number of halogens is 1. The molecule has 0 radical (unpaired) electrons. The van der Waals surface area contributed by atoms with Crippen LogP contribution in [0.4, 0.5) is 15.0 Å². The Hall–Kier alpha value is -5.37.